The fourth-order valence-electron chi connectivity index (χ4n) is 6.26. The maximum absolute atomic E-state index is 14.2. The van der Waals surface area contributed by atoms with Gasteiger partial charge in [0.1, 0.15) is 11.9 Å². The van der Waals surface area contributed by atoms with Gasteiger partial charge in [-0.15, -0.1) is 0 Å². The van der Waals surface area contributed by atoms with Gasteiger partial charge in [-0.3, -0.25) is 14.4 Å². The summed E-state index contributed by atoms with van der Waals surface area (Å²) in [6.45, 7) is 7.91. The number of H-pyrrole nitrogens is 1. The normalized spacial score (nSPS) is 21.2. The molecule has 3 N–H and O–H groups in total. The number of aromatic amines is 1. The van der Waals surface area contributed by atoms with Gasteiger partial charge >= 0.3 is 0 Å². The van der Waals surface area contributed by atoms with Gasteiger partial charge in [0.05, 0.1) is 23.1 Å². The molecule has 1 aromatic heterocycles. The molecule has 4 atom stereocenters. The molecule has 2 aliphatic rings. The number of nitrogens with zero attached hydrogens (tertiary/aromatic N) is 3. The molecule has 9 heteroatoms. The quantitative estimate of drug-likeness (QED) is 0.391. The van der Waals surface area contributed by atoms with Crippen LogP contribution in [0.4, 0.5) is 0 Å². The molecule has 9 nitrogen and oxygen atoms in total. The molecule has 1 aromatic carbocycles. The molecule has 4 rings (SSSR count). The van der Waals surface area contributed by atoms with Crippen molar-refractivity contribution in [3.8, 4) is 0 Å². The first-order valence-electron chi connectivity index (χ1n) is 15.1. The van der Waals surface area contributed by atoms with E-state index in [1.54, 1.807) is 25.9 Å². The van der Waals surface area contributed by atoms with Gasteiger partial charge in [0, 0.05) is 26.1 Å². The summed E-state index contributed by atoms with van der Waals surface area (Å²) in [5, 5.41) is 5.87. The summed E-state index contributed by atoms with van der Waals surface area (Å²) in [7, 11) is 3.41. The number of carbonyl (C=O) groups is 3. The molecule has 1 aliphatic heterocycles. The number of nitrogens with one attached hydrogen (secondary N) is 3. The van der Waals surface area contributed by atoms with E-state index in [1.807, 2.05) is 18.7 Å². The Kier molecular flexibility index (Phi) is 9.87. The highest BCUT2D eigenvalue weighted by molar-refractivity contribution is 5.91. The van der Waals surface area contributed by atoms with Gasteiger partial charge in [0.15, 0.2) is 0 Å². The van der Waals surface area contributed by atoms with Crippen LogP contribution in [0.3, 0.4) is 0 Å². The molecule has 0 bridgehead atoms. The van der Waals surface area contributed by atoms with Gasteiger partial charge in [-0.2, -0.15) is 0 Å². The zero-order chi connectivity index (χ0) is 29.0. The fraction of sp³-hybridized carbons (Fsp3) is 0.677. The van der Waals surface area contributed by atoms with Crippen LogP contribution in [0, 0.1) is 11.8 Å². The summed E-state index contributed by atoms with van der Waals surface area (Å²) < 4.78 is 0. The predicted molar refractivity (Wildman–Crippen MR) is 158 cm³/mol. The molecule has 0 radical (unpaired) electrons. The first kappa shape index (κ1) is 30.0. The zero-order valence-corrected chi connectivity index (χ0v) is 25.1. The van der Waals surface area contributed by atoms with Crippen molar-refractivity contribution in [2.75, 3.05) is 20.6 Å². The Morgan fingerprint density at radius 1 is 1.12 bits per heavy atom. The highest BCUT2D eigenvalue weighted by Crippen LogP contribution is 2.37. The number of likely N-dealkylation sites (tertiary alicyclic amines) is 1. The van der Waals surface area contributed by atoms with E-state index in [-0.39, 0.29) is 42.3 Å². The second-order valence-corrected chi connectivity index (χ2v) is 12.4. The van der Waals surface area contributed by atoms with Gasteiger partial charge in [-0.25, -0.2) is 4.98 Å². The zero-order valence-electron chi connectivity index (χ0n) is 25.1. The Labute approximate surface area is 238 Å². The molecule has 1 unspecified atom stereocenters. The predicted octanol–water partition coefficient (Wildman–Crippen LogP) is 3.94. The number of carbonyl (C=O) groups excluding carboxylic acids is 3. The van der Waals surface area contributed by atoms with Crippen LogP contribution in [0.25, 0.3) is 11.0 Å². The van der Waals surface area contributed by atoms with E-state index in [0.717, 1.165) is 42.0 Å². The molecule has 2 heterocycles. The van der Waals surface area contributed by atoms with Crippen molar-refractivity contribution in [3.05, 3.63) is 29.6 Å². The minimum absolute atomic E-state index is 0.0125. The molecule has 1 saturated carbocycles. The first-order valence-corrected chi connectivity index (χ1v) is 15.1. The molecule has 2 aromatic rings. The largest absolute Gasteiger partial charge is 0.343 e. The summed E-state index contributed by atoms with van der Waals surface area (Å²) >= 11 is 0. The summed E-state index contributed by atoms with van der Waals surface area (Å²) in [6, 6.07) is 4.79. The Morgan fingerprint density at radius 3 is 2.52 bits per heavy atom. The number of rotatable bonds is 11. The fourth-order valence-corrected chi connectivity index (χ4v) is 6.26. The van der Waals surface area contributed by atoms with Crippen molar-refractivity contribution >= 4 is 28.8 Å². The summed E-state index contributed by atoms with van der Waals surface area (Å²) in [6.07, 6.45) is 8.26. The Balaban J connectivity index is 1.59. The SMILES string of the molecule is CN[C@@H](C)C(=O)N[C@@H](CN(C)C(=O)CC(C)C)C(=O)N1C(C)CC[C@H]1c1nc2c(CC3CCCC3)cccc2[nH]1. The van der Waals surface area contributed by atoms with E-state index in [4.69, 9.17) is 4.98 Å². The number of hydrogen-bond acceptors (Lipinski definition) is 5. The van der Waals surface area contributed by atoms with E-state index in [1.165, 1.54) is 31.2 Å². The lowest BCUT2D eigenvalue weighted by atomic mass is 9.97. The third kappa shape index (κ3) is 6.85. The molecule has 220 valence electrons. The van der Waals surface area contributed by atoms with E-state index >= 15 is 0 Å². The lowest BCUT2D eigenvalue weighted by Gasteiger charge is -2.33. The molecule has 1 saturated heterocycles. The van der Waals surface area contributed by atoms with Gasteiger partial charge < -0.3 is 25.4 Å². The minimum atomic E-state index is -0.852. The van der Waals surface area contributed by atoms with Crippen LogP contribution in [0.5, 0.6) is 0 Å². The smallest absolute Gasteiger partial charge is 0.247 e. The average Bonchev–Trinajstić information content (AvgIpc) is 3.67. The van der Waals surface area contributed by atoms with Crippen molar-refractivity contribution in [2.24, 2.45) is 11.8 Å². The third-order valence-corrected chi connectivity index (χ3v) is 8.74. The minimum Gasteiger partial charge on any atom is -0.343 e. The third-order valence-electron chi connectivity index (χ3n) is 8.74. The average molecular weight is 553 g/mol. The van der Waals surface area contributed by atoms with Crippen LogP contribution < -0.4 is 10.6 Å². The highest BCUT2D eigenvalue weighted by atomic mass is 16.2. The molecule has 1 aliphatic carbocycles. The highest BCUT2D eigenvalue weighted by Gasteiger charge is 2.41. The number of para-hydroxylation sites is 1. The van der Waals surface area contributed by atoms with Gasteiger partial charge in [-0.1, -0.05) is 51.7 Å². The monoisotopic (exact) mass is 552 g/mol. The van der Waals surface area contributed by atoms with E-state index < -0.39 is 12.1 Å². The topological polar surface area (TPSA) is 110 Å². The Hall–Kier alpha value is -2.94. The van der Waals surface area contributed by atoms with Crippen LogP contribution >= 0.6 is 0 Å². The van der Waals surface area contributed by atoms with Crippen molar-refractivity contribution in [2.45, 2.75) is 103 Å². The second kappa shape index (κ2) is 13.1. The van der Waals surface area contributed by atoms with Gasteiger partial charge in [0.25, 0.3) is 0 Å². The van der Waals surface area contributed by atoms with Crippen LogP contribution in [0.2, 0.25) is 0 Å². The number of likely N-dealkylation sites (N-methyl/N-ethyl adjacent to an activating group) is 2. The summed E-state index contributed by atoms with van der Waals surface area (Å²) in [5.74, 6) is 1.23. The number of benzene rings is 1. The lowest BCUT2D eigenvalue weighted by Crippen LogP contribution is -2.57. The Bertz CT molecular complexity index is 1190. The second-order valence-electron chi connectivity index (χ2n) is 12.4. The summed E-state index contributed by atoms with van der Waals surface area (Å²) in [5.41, 5.74) is 3.28. The molecule has 40 heavy (non-hydrogen) atoms. The van der Waals surface area contributed by atoms with Gasteiger partial charge in [0.2, 0.25) is 17.7 Å². The maximum Gasteiger partial charge on any atom is 0.247 e. The van der Waals surface area contributed by atoms with Crippen LogP contribution in [-0.2, 0) is 20.8 Å². The van der Waals surface area contributed by atoms with E-state index in [0.29, 0.717) is 6.42 Å². The molecule has 2 fully saturated rings. The number of amides is 3. The van der Waals surface area contributed by atoms with Gasteiger partial charge in [-0.05, 0) is 63.6 Å². The van der Waals surface area contributed by atoms with Crippen LogP contribution in [-0.4, -0.2) is 76.3 Å². The van der Waals surface area contributed by atoms with Crippen LogP contribution in [0.1, 0.15) is 90.1 Å². The van der Waals surface area contributed by atoms with Crippen molar-refractivity contribution < 1.29 is 14.4 Å². The number of imidazole rings is 1. The van der Waals surface area contributed by atoms with Crippen molar-refractivity contribution in [3.63, 3.8) is 0 Å². The Morgan fingerprint density at radius 2 is 1.85 bits per heavy atom. The molecular formula is C31H48N6O3. The van der Waals surface area contributed by atoms with Crippen molar-refractivity contribution in [1.82, 2.24) is 30.4 Å². The molecule has 3 amide bonds. The number of fused-ring (bicyclic) bond motifs is 1. The first-order chi connectivity index (χ1) is 19.1. The summed E-state index contributed by atoms with van der Waals surface area (Å²) in [4.78, 5) is 51.9. The number of hydrogen-bond donors (Lipinski definition) is 3. The molecule has 0 spiro atoms. The van der Waals surface area contributed by atoms with E-state index in [9.17, 15) is 14.4 Å². The van der Waals surface area contributed by atoms with E-state index in [2.05, 4.69) is 40.7 Å². The number of aromatic nitrogens is 2. The standard InChI is InChI=1S/C31H48N6O3/c1-19(2)16-27(38)36(6)18-25(34-30(39)21(4)32-5)31(40)37-20(3)14-15-26(37)29-33-24-13-9-12-23(28(24)35-29)17-22-10-7-8-11-22/h9,12-13,19-22,25-26,32H,7-8,10-11,14-18H2,1-6H3,(H,33,35)(H,34,39)/t20?,21-,25-,26-/m0/s1. The maximum atomic E-state index is 14.2. The lowest BCUT2D eigenvalue weighted by molar-refractivity contribution is -0.141. The van der Waals surface area contributed by atoms with Crippen molar-refractivity contribution in [1.29, 1.82) is 0 Å². The van der Waals surface area contributed by atoms with Crippen LogP contribution in [0.15, 0.2) is 18.2 Å². The molecular weight excluding hydrogens is 504 g/mol.